The minimum absolute atomic E-state index is 0. The van der Waals surface area contributed by atoms with Crippen LogP contribution in [0.2, 0.25) is 0 Å². The van der Waals surface area contributed by atoms with Crippen LogP contribution in [0.4, 0.5) is 0 Å². The van der Waals surface area contributed by atoms with Gasteiger partial charge in [0.25, 0.3) is 0 Å². The predicted molar refractivity (Wildman–Crippen MR) is 6.44 cm³/mol. The second-order valence-electron chi connectivity index (χ2n) is 0.447. The summed E-state index contributed by atoms with van der Waals surface area (Å²) < 4.78 is 34.6. The van der Waals surface area contributed by atoms with Crippen molar-refractivity contribution < 1.29 is 31.7 Å². The average Bonchev–Trinajstić information content (AvgIpc) is 0.722. The van der Waals surface area contributed by atoms with E-state index in [0.29, 0.717) is 0 Å². The van der Waals surface area contributed by atoms with E-state index in [1.54, 1.807) is 0 Å². The standard InChI is InChI=1S/4O.Sb.V/q;3*-1;;+3. The summed E-state index contributed by atoms with van der Waals surface area (Å²) in [6, 6.07) is 0. The molecule has 0 aromatic carbocycles. The summed E-state index contributed by atoms with van der Waals surface area (Å²) in [7, 11) is 0. The Morgan fingerprint density at radius 1 is 1.17 bits per heavy atom. The van der Waals surface area contributed by atoms with Crippen LogP contribution in [0.15, 0.2) is 0 Å². The van der Waals surface area contributed by atoms with Crippen LogP contribution in [-0.2, 0) is 21.6 Å². The first-order valence-corrected chi connectivity index (χ1v) is 4.90. The molecular formula is O4SbV. The molecule has 0 amide bonds. The SMILES string of the molecule is [O]=[Sb]([O-])([O-])[O-].[V+3]. The maximum Gasteiger partial charge on any atom is 3.00 e. The monoisotopic (exact) mass is 236 g/mol. The molecule has 0 unspecified atom stereocenters. The van der Waals surface area contributed by atoms with E-state index in [2.05, 4.69) is 0 Å². The third-order valence-corrected chi connectivity index (χ3v) is 0. The van der Waals surface area contributed by atoms with Crippen molar-refractivity contribution in [2.24, 2.45) is 0 Å². The maximum absolute atomic E-state index is 8.64. The average molecular weight is 237 g/mol. The first-order chi connectivity index (χ1) is 2.00. The van der Waals surface area contributed by atoms with Gasteiger partial charge in [0, 0.05) is 0 Å². The Labute approximate surface area is 51.8 Å². The molecule has 0 aliphatic carbocycles. The molecule has 0 aliphatic heterocycles. The number of hydrogen-bond acceptors (Lipinski definition) is 4. The van der Waals surface area contributed by atoms with Gasteiger partial charge in [-0.15, -0.1) is 0 Å². The Morgan fingerprint density at radius 2 is 1.17 bits per heavy atom. The van der Waals surface area contributed by atoms with Crippen molar-refractivity contribution in [3.63, 3.8) is 0 Å². The van der Waals surface area contributed by atoms with Crippen molar-refractivity contribution in [1.29, 1.82) is 0 Å². The van der Waals surface area contributed by atoms with Crippen LogP contribution < -0.4 is 10.2 Å². The summed E-state index contributed by atoms with van der Waals surface area (Å²) in [5.41, 5.74) is 0. The largest absolute Gasteiger partial charge is 3.00 e. The van der Waals surface area contributed by atoms with E-state index in [1.807, 2.05) is 0 Å². The van der Waals surface area contributed by atoms with Gasteiger partial charge in [-0.05, 0) is 0 Å². The molecule has 0 fully saturated rings. The molecule has 0 aliphatic rings. The molecule has 6 heteroatoms. The van der Waals surface area contributed by atoms with Crippen molar-refractivity contribution in [2.45, 2.75) is 0 Å². The zero-order valence-corrected chi connectivity index (χ0v) is 6.48. The van der Waals surface area contributed by atoms with E-state index in [0.717, 1.165) is 0 Å². The van der Waals surface area contributed by atoms with Crippen molar-refractivity contribution in [2.75, 3.05) is 0 Å². The fraction of sp³-hybridized carbons (Fsp3) is 0. The first kappa shape index (κ1) is 10.1. The summed E-state index contributed by atoms with van der Waals surface area (Å²) in [4.78, 5) is 0. The summed E-state index contributed by atoms with van der Waals surface area (Å²) in [5.74, 6) is 0. The molecule has 34 valence electrons. The van der Waals surface area contributed by atoms with E-state index in [9.17, 15) is 0 Å². The molecule has 0 bridgehead atoms. The summed E-state index contributed by atoms with van der Waals surface area (Å²) in [6.07, 6.45) is 0. The fourth-order valence-corrected chi connectivity index (χ4v) is 0. The van der Waals surface area contributed by atoms with Gasteiger partial charge in [-0.3, -0.25) is 0 Å². The van der Waals surface area contributed by atoms with Crippen molar-refractivity contribution in [1.82, 2.24) is 0 Å². The third kappa shape index (κ3) is 72.3. The Morgan fingerprint density at radius 3 is 1.17 bits per heavy atom. The van der Waals surface area contributed by atoms with Crippen molar-refractivity contribution in [3.8, 4) is 0 Å². The van der Waals surface area contributed by atoms with Gasteiger partial charge in [0.2, 0.25) is 0 Å². The van der Waals surface area contributed by atoms with Gasteiger partial charge in [0.1, 0.15) is 0 Å². The molecule has 0 aromatic heterocycles. The van der Waals surface area contributed by atoms with Gasteiger partial charge in [-0.25, -0.2) is 0 Å². The van der Waals surface area contributed by atoms with Crippen LogP contribution >= 0.6 is 0 Å². The molecular weight excluding hydrogens is 237 g/mol. The van der Waals surface area contributed by atoms with Gasteiger partial charge in [-0.1, -0.05) is 0 Å². The predicted octanol–water partition coefficient (Wildman–Crippen LogP) is -4.07. The summed E-state index contributed by atoms with van der Waals surface area (Å²) in [6.45, 7) is 0. The molecule has 0 saturated carbocycles. The van der Waals surface area contributed by atoms with Gasteiger partial charge in [-0.2, -0.15) is 0 Å². The zero-order valence-electron chi connectivity index (χ0n) is 2.53. The van der Waals surface area contributed by atoms with Gasteiger partial charge < -0.3 is 0 Å². The van der Waals surface area contributed by atoms with Crippen molar-refractivity contribution >= 4 is 20.1 Å². The van der Waals surface area contributed by atoms with E-state index in [4.69, 9.17) is 13.2 Å². The minimum Gasteiger partial charge on any atom is 3.00 e. The van der Waals surface area contributed by atoms with Crippen LogP contribution in [0, 0.1) is 0 Å². The summed E-state index contributed by atoms with van der Waals surface area (Å²) in [5, 5.41) is 0. The molecule has 0 radical (unpaired) electrons. The van der Waals surface area contributed by atoms with Gasteiger partial charge >= 0.3 is 51.8 Å². The van der Waals surface area contributed by atoms with E-state index in [-0.39, 0.29) is 18.6 Å². The van der Waals surface area contributed by atoms with E-state index >= 15 is 0 Å². The van der Waals surface area contributed by atoms with Crippen LogP contribution in [-0.4, -0.2) is 20.1 Å². The Bertz CT molecular complexity index is 53.7. The van der Waals surface area contributed by atoms with Crippen LogP contribution in [0.5, 0.6) is 0 Å². The number of hydrogen-bond donors (Lipinski definition) is 0. The van der Waals surface area contributed by atoms with Gasteiger partial charge in [0.15, 0.2) is 0 Å². The van der Waals surface area contributed by atoms with Crippen molar-refractivity contribution in [3.05, 3.63) is 0 Å². The molecule has 0 saturated heterocycles. The molecule has 4 nitrogen and oxygen atoms in total. The van der Waals surface area contributed by atoms with Gasteiger partial charge in [0.05, 0.1) is 0 Å². The van der Waals surface area contributed by atoms with E-state index in [1.165, 1.54) is 0 Å². The second-order valence-corrected chi connectivity index (χ2v) is 3.00. The van der Waals surface area contributed by atoms with E-state index < -0.39 is 20.1 Å². The first-order valence-electron chi connectivity index (χ1n) is 0.730. The Kier molecular flexibility index (Phi) is 5.30. The quantitative estimate of drug-likeness (QED) is 0.401. The molecule has 6 heavy (non-hydrogen) atoms. The van der Waals surface area contributed by atoms with Crippen LogP contribution in [0.3, 0.4) is 0 Å². The molecule has 0 spiro atoms. The molecule has 0 heterocycles. The molecule has 0 aromatic rings. The smallest absolute Gasteiger partial charge is 3.00 e. The molecule has 0 atom stereocenters. The Balaban J connectivity index is 0. The zero-order chi connectivity index (χ0) is 4.50. The number of rotatable bonds is 0. The van der Waals surface area contributed by atoms with Crippen LogP contribution in [0.25, 0.3) is 0 Å². The maximum atomic E-state index is 8.64. The normalized spacial score (nSPS) is 9.83. The fourth-order valence-electron chi connectivity index (χ4n) is 0. The second kappa shape index (κ2) is 3.13. The topological polar surface area (TPSA) is 86.2 Å². The third-order valence-electron chi connectivity index (χ3n) is 0. The van der Waals surface area contributed by atoms with Crippen LogP contribution in [0.1, 0.15) is 0 Å². The molecule has 0 rings (SSSR count). The summed E-state index contributed by atoms with van der Waals surface area (Å²) >= 11 is -6.10. The molecule has 0 N–H and O–H groups in total. The Hall–Kier alpha value is 1.08. The minimum atomic E-state index is -6.10.